The van der Waals surface area contributed by atoms with Crippen LogP contribution in [0.15, 0.2) is 42.5 Å². The first kappa shape index (κ1) is 19.3. The second-order valence-electron chi connectivity index (χ2n) is 6.95. The smallest absolute Gasteiger partial charge is 0.217 e. The Balaban J connectivity index is 1.58. The monoisotopic (exact) mass is 373 g/mol. The molecule has 1 saturated heterocycles. The van der Waals surface area contributed by atoms with E-state index in [4.69, 9.17) is 0 Å². The zero-order valence-electron chi connectivity index (χ0n) is 15.7. The fourth-order valence-corrected chi connectivity index (χ4v) is 3.44. The Morgan fingerprint density at radius 3 is 2.33 bits per heavy atom. The minimum absolute atomic E-state index is 0.0390. The van der Waals surface area contributed by atoms with Crippen LogP contribution in [0.3, 0.4) is 0 Å². The van der Waals surface area contributed by atoms with Gasteiger partial charge in [-0.2, -0.15) is 0 Å². The van der Waals surface area contributed by atoms with Crippen LogP contribution < -0.4 is 10.2 Å². The van der Waals surface area contributed by atoms with Gasteiger partial charge in [0, 0.05) is 51.8 Å². The van der Waals surface area contributed by atoms with Crippen LogP contribution in [-0.2, 0) is 11.3 Å². The number of nitrogens with one attached hydrogen (secondary N) is 1. The zero-order chi connectivity index (χ0) is 19.4. The zero-order valence-corrected chi connectivity index (χ0v) is 15.7. The molecule has 2 aromatic rings. The van der Waals surface area contributed by atoms with Crippen molar-refractivity contribution < 1.29 is 13.6 Å². The molecule has 4 nitrogen and oxygen atoms in total. The summed E-state index contributed by atoms with van der Waals surface area (Å²) in [6.45, 7) is 7.23. The van der Waals surface area contributed by atoms with Gasteiger partial charge in [0.15, 0.2) is 0 Å². The van der Waals surface area contributed by atoms with E-state index in [1.165, 1.54) is 24.6 Å². The summed E-state index contributed by atoms with van der Waals surface area (Å²) < 4.78 is 27.1. The van der Waals surface area contributed by atoms with Gasteiger partial charge >= 0.3 is 0 Å². The summed E-state index contributed by atoms with van der Waals surface area (Å²) in [6, 6.07) is 12.2. The molecule has 1 amide bonds. The number of halogens is 2. The number of anilines is 1. The quantitative estimate of drug-likeness (QED) is 0.872. The summed E-state index contributed by atoms with van der Waals surface area (Å²) >= 11 is 0. The first-order valence-corrected chi connectivity index (χ1v) is 9.21. The lowest BCUT2D eigenvalue weighted by molar-refractivity contribution is -0.119. The van der Waals surface area contributed by atoms with Gasteiger partial charge in [0.25, 0.3) is 0 Å². The molecule has 0 radical (unpaired) electrons. The number of rotatable bonds is 5. The van der Waals surface area contributed by atoms with E-state index in [-0.39, 0.29) is 11.9 Å². The fourth-order valence-electron chi connectivity index (χ4n) is 3.44. The van der Waals surface area contributed by atoms with Gasteiger partial charge in [0.05, 0.1) is 5.69 Å². The maximum atomic E-state index is 14.0. The van der Waals surface area contributed by atoms with Gasteiger partial charge in [0.1, 0.15) is 11.6 Å². The molecule has 2 aromatic carbocycles. The van der Waals surface area contributed by atoms with E-state index in [2.05, 4.69) is 29.3 Å². The Morgan fingerprint density at radius 1 is 1.07 bits per heavy atom. The Hall–Kier alpha value is -2.47. The van der Waals surface area contributed by atoms with E-state index in [1.807, 2.05) is 17.0 Å². The maximum absolute atomic E-state index is 14.0. The van der Waals surface area contributed by atoms with Gasteiger partial charge in [-0.05, 0) is 30.2 Å². The van der Waals surface area contributed by atoms with Crippen molar-refractivity contribution >= 4 is 11.6 Å². The van der Waals surface area contributed by atoms with E-state index >= 15 is 0 Å². The highest BCUT2D eigenvalue weighted by atomic mass is 19.1. The van der Waals surface area contributed by atoms with E-state index in [9.17, 15) is 13.6 Å². The Bertz CT molecular complexity index is 787. The van der Waals surface area contributed by atoms with Crippen LogP contribution in [0.25, 0.3) is 0 Å². The number of hydrogen-bond donors (Lipinski definition) is 1. The maximum Gasteiger partial charge on any atom is 0.217 e. The van der Waals surface area contributed by atoms with Crippen molar-refractivity contribution in [2.75, 3.05) is 31.1 Å². The fraction of sp³-hybridized carbons (Fsp3) is 0.381. The largest absolute Gasteiger partial charge is 0.367 e. The highest BCUT2D eigenvalue weighted by molar-refractivity contribution is 5.72. The average Bonchev–Trinajstić information content (AvgIpc) is 2.66. The van der Waals surface area contributed by atoms with Crippen LogP contribution >= 0.6 is 0 Å². The van der Waals surface area contributed by atoms with E-state index < -0.39 is 11.6 Å². The lowest BCUT2D eigenvalue weighted by Gasteiger charge is -2.39. The number of nitrogens with zero attached hydrogens (tertiary/aromatic N) is 2. The topological polar surface area (TPSA) is 35.6 Å². The summed E-state index contributed by atoms with van der Waals surface area (Å²) in [5.41, 5.74) is 2.74. The van der Waals surface area contributed by atoms with Crippen LogP contribution in [0.2, 0.25) is 0 Å². The number of benzene rings is 2. The third-order valence-electron chi connectivity index (χ3n) is 5.12. The van der Waals surface area contributed by atoms with Crippen LogP contribution in [-0.4, -0.2) is 37.0 Å². The van der Waals surface area contributed by atoms with Gasteiger partial charge in [-0.15, -0.1) is 0 Å². The minimum atomic E-state index is -0.551. The lowest BCUT2D eigenvalue weighted by atomic mass is 10.0. The molecule has 0 bridgehead atoms. The predicted octanol–water partition coefficient (Wildman–Crippen LogP) is 3.48. The average molecular weight is 373 g/mol. The van der Waals surface area contributed by atoms with Crippen molar-refractivity contribution in [3.8, 4) is 0 Å². The molecule has 27 heavy (non-hydrogen) atoms. The second kappa shape index (κ2) is 8.48. The van der Waals surface area contributed by atoms with Crippen molar-refractivity contribution in [2.45, 2.75) is 26.4 Å². The summed E-state index contributed by atoms with van der Waals surface area (Å²) in [5, 5.41) is 2.79. The van der Waals surface area contributed by atoms with Crippen molar-refractivity contribution in [1.82, 2.24) is 10.2 Å². The van der Waals surface area contributed by atoms with Gasteiger partial charge < -0.3 is 10.2 Å². The van der Waals surface area contributed by atoms with Gasteiger partial charge in [-0.25, -0.2) is 8.78 Å². The molecule has 1 aliphatic rings. The molecule has 1 aliphatic heterocycles. The molecule has 1 fully saturated rings. The highest BCUT2D eigenvalue weighted by Gasteiger charge is 2.23. The molecule has 1 unspecified atom stereocenters. The second-order valence-corrected chi connectivity index (χ2v) is 6.95. The molecule has 0 aromatic heterocycles. The molecule has 0 saturated carbocycles. The summed E-state index contributed by atoms with van der Waals surface area (Å²) in [4.78, 5) is 15.3. The summed E-state index contributed by atoms with van der Waals surface area (Å²) in [6.07, 6.45) is 0. The van der Waals surface area contributed by atoms with E-state index in [1.54, 1.807) is 0 Å². The molecule has 1 atom stereocenters. The summed E-state index contributed by atoms with van der Waals surface area (Å²) in [7, 11) is 0. The predicted molar refractivity (Wildman–Crippen MR) is 103 cm³/mol. The van der Waals surface area contributed by atoms with Crippen LogP contribution in [0.5, 0.6) is 0 Å². The molecule has 144 valence electrons. The van der Waals surface area contributed by atoms with Crippen molar-refractivity contribution in [3.63, 3.8) is 0 Å². The first-order chi connectivity index (χ1) is 12.9. The standard InChI is InChI=1S/C21H25F2N3O/c1-15(18-5-3-17(4-6-18)14-24-16(2)27)25-9-11-26(12-10-25)21-8-7-19(22)13-20(21)23/h3-8,13,15H,9-12,14H2,1-2H3,(H,24,27). The highest BCUT2D eigenvalue weighted by Crippen LogP contribution is 2.26. The van der Waals surface area contributed by atoms with Crippen molar-refractivity contribution in [3.05, 3.63) is 65.2 Å². The number of carbonyl (C=O) groups excluding carboxylic acids is 1. The van der Waals surface area contributed by atoms with Crippen molar-refractivity contribution in [1.29, 1.82) is 0 Å². The van der Waals surface area contributed by atoms with Crippen LogP contribution in [0.4, 0.5) is 14.5 Å². The van der Waals surface area contributed by atoms with E-state index in [0.717, 1.165) is 24.7 Å². The third-order valence-corrected chi connectivity index (χ3v) is 5.12. The van der Waals surface area contributed by atoms with Crippen LogP contribution in [0, 0.1) is 11.6 Å². The number of carbonyl (C=O) groups is 1. The Morgan fingerprint density at radius 2 is 1.74 bits per heavy atom. The third kappa shape index (κ3) is 4.83. The lowest BCUT2D eigenvalue weighted by Crippen LogP contribution is -2.47. The molecule has 0 spiro atoms. The number of hydrogen-bond acceptors (Lipinski definition) is 3. The molecule has 1 heterocycles. The van der Waals surface area contributed by atoms with Crippen LogP contribution in [0.1, 0.15) is 31.0 Å². The van der Waals surface area contributed by atoms with Gasteiger partial charge in [-0.3, -0.25) is 9.69 Å². The van der Waals surface area contributed by atoms with Crippen molar-refractivity contribution in [2.24, 2.45) is 0 Å². The van der Waals surface area contributed by atoms with E-state index in [0.29, 0.717) is 25.3 Å². The Labute approximate surface area is 158 Å². The summed E-state index contributed by atoms with van der Waals surface area (Å²) in [5.74, 6) is -1.10. The SMILES string of the molecule is CC(=O)NCc1ccc(C(C)N2CCN(c3ccc(F)cc3F)CC2)cc1. The van der Waals surface area contributed by atoms with Gasteiger partial charge in [-0.1, -0.05) is 24.3 Å². The molecule has 3 rings (SSSR count). The molecule has 1 N–H and O–H groups in total. The van der Waals surface area contributed by atoms with Gasteiger partial charge in [0.2, 0.25) is 5.91 Å². The molecule has 6 heteroatoms. The first-order valence-electron chi connectivity index (χ1n) is 9.21. The Kier molecular flexibility index (Phi) is 6.06. The number of amides is 1. The molecular weight excluding hydrogens is 348 g/mol. The minimum Gasteiger partial charge on any atom is -0.367 e. The number of piperazine rings is 1. The molecular formula is C21H25F2N3O. The normalized spacial score (nSPS) is 16.2. The molecule has 0 aliphatic carbocycles.